The second kappa shape index (κ2) is 8.99. The number of benzene rings is 2. The summed E-state index contributed by atoms with van der Waals surface area (Å²) in [5, 5.41) is 6.97. The average Bonchev–Trinajstić information content (AvgIpc) is 3.03. The van der Waals surface area contributed by atoms with Gasteiger partial charge in [-0.25, -0.2) is 0 Å². The van der Waals surface area contributed by atoms with Crippen LogP contribution in [0.25, 0.3) is 10.1 Å². The molecule has 0 spiro atoms. The third-order valence-electron chi connectivity index (χ3n) is 3.96. The number of methoxy groups -OCH3 is 1. The van der Waals surface area contributed by atoms with Gasteiger partial charge in [0.05, 0.1) is 5.02 Å². The fraction of sp³-hybridized carbons (Fsp3) is 0.200. The van der Waals surface area contributed by atoms with Crippen LogP contribution in [0.4, 0.5) is 5.69 Å². The van der Waals surface area contributed by atoms with Crippen LogP contribution in [0.5, 0.6) is 0 Å². The molecule has 0 fully saturated rings. The van der Waals surface area contributed by atoms with E-state index in [2.05, 4.69) is 10.6 Å². The highest BCUT2D eigenvalue weighted by Crippen LogP contribution is 2.35. The summed E-state index contributed by atoms with van der Waals surface area (Å²) >= 11 is 7.70. The SMILES string of the molecule is COCCCNC(=O)c1ccc(NC(=O)c2sc3ccccc3c2Cl)cc1. The Bertz CT molecular complexity index is 954. The fourth-order valence-electron chi connectivity index (χ4n) is 2.57. The zero-order valence-electron chi connectivity index (χ0n) is 14.8. The molecule has 0 aliphatic carbocycles. The second-order valence-electron chi connectivity index (χ2n) is 5.88. The number of fused-ring (bicyclic) bond motifs is 1. The molecular weight excluding hydrogens is 384 g/mol. The zero-order valence-corrected chi connectivity index (χ0v) is 16.3. The lowest BCUT2D eigenvalue weighted by molar-refractivity contribution is 0.0948. The zero-order chi connectivity index (χ0) is 19.2. The van der Waals surface area contributed by atoms with Crippen molar-refractivity contribution in [1.29, 1.82) is 0 Å². The number of carbonyl (C=O) groups is 2. The van der Waals surface area contributed by atoms with E-state index in [-0.39, 0.29) is 11.8 Å². The first-order valence-electron chi connectivity index (χ1n) is 8.45. The molecule has 27 heavy (non-hydrogen) atoms. The van der Waals surface area contributed by atoms with E-state index in [1.807, 2.05) is 24.3 Å². The molecule has 5 nitrogen and oxygen atoms in total. The van der Waals surface area contributed by atoms with E-state index in [1.54, 1.807) is 31.4 Å². The molecule has 3 aromatic rings. The number of hydrogen-bond acceptors (Lipinski definition) is 4. The average molecular weight is 403 g/mol. The molecule has 0 radical (unpaired) electrons. The first kappa shape index (κ1) is 19.4. The van der Waals surface area contributed by atoms with Gasteiger partial charge in [-0.1, -0.05) is 29.8 Å². The van der Waals surface area contributed by atoms with Crippen LogP contribution in [0.2, 0.25) is 5.02 Å². The Morgan fingerprint density at radius 1 is 1.07 bits per heavy atom. The maximum absolute atomic E-state index is 12.5. The van der Waals surface area contributed by atoms with Gasteiger partial charge in [0.2, 0.25) is 0 Å². The van der Waals surface area contributed by atoms with Crippen molar-refractivity contribution in [3.63, 3.8) is 0 Å². The molecule has 0 bridgehead atoms. The van der Waals surface area contributed by atoms with E-state index in [0.717, 1.165) is 16.5 Å². The number of hydrogen-bond donors (Lipinski definition) is 2. The summed E-state index contributed by atoms with van der Waals surface area (Å²) in [5.41, 5.74) is 1.13. The molecule has 0 aliphatic heterocycles. The van der Waals surface area contributed by atoms with Crippen molar-refractivity contribution in [2.45, 2.75) is 6.42 Å². The van der Waals surface area contributed by atoms with Gasteiger partial charge in [0, 0.05) is 41.6 Å². The fourth-order valence-corrected chi connectivity index (χ4v) is 3.99. The molecule has 2 amide bonds. The van der Waals surface area contributed by atoms with Gasteiger partial charge in [0.25, 0.3) is 11.8 Å². The largest absolute Gasteiger partial charge is 0.385 e. The Labute approximate surface area is 166 Å². The van der Waals surface area contributed by atoms with Crippen molar-refractivity contribution < 1.29 is 14.3 Å². The predicted molar refractivity (Wildman–Crippen MR) is 110 cm³/mol. The summed E-state index contributed by atoms with van der Waals surface area (Å²) in [5.74, 6) is -0.422. The molecule has 2 aromatic carbocycles. The van der Waals surface area contributed by atoms with Crippen LogP contribution in [0.15, 0.2) is 48.5 Å². The van der Waals surface area contributed by atoms with Crippen LogP contribution in [0.1, 0.15) is 26.5 Å². The van der Waals surface area contributed by atoms with Crippen LogP contribution in [-0.4, -0.2) is 32.1 Å². The highest BCUT2D eigenvalue weighted by Gasteiger charge is 2.17. The van der Waals surface area contributed by atoms with Gasteiger partial charge >= 0.3 is 0 Å². The molecule has 0 atom stereocenters. The standard InChI is InChI=1S/C20H19ClN2O3S/c1-26-12-4-11-22-19(24)13-7-9-14(10-8-13)23-20(25)18-17(21)15-5-2-3-6-16(15)27-18/h2-3,5-10H,4,11-12H2,1H3,(H,22,24)(H,23,25). The van der Waals surface area contributed by atoms with Gasteiger partial charge < -0.3 is 15.4 Å². The lowest BCUT2D eigenvalue weighted by Gasteiger charge is -2.07. The van der Waals surface area contributed by atoms with Crippen LogP contribution >= 0.6 is 22.9 Å². The van der Waals surface area contributed by atoms with E-state index in [0.29, 0.717) is 34.3 Å². The Morgan fingerprint density at radius 2 is 1.81 bits per heavy atom. The van der Waals surface area contributed by atoms with Crippen molar-refractivity contribution in [3.8, 4) is 0 Å². The van der Waals surface area contributed by atoms with Crippen molar-refractivity contribution in [2.75, 3.05) is 25.6 Å². The number of halogens is 1. The van der Waals surface area contributed by atoms with Gasteiger partial charge in [-0.05, 0) is 36.8 Å². The molecule has 0 aliphatic rings. The van der Waals surface area contributed by atoms with Gasteiger partial charge in [-0.3, -0.25) is 9.59 Å². The first-order valence-corrected chi connectivity index (χ1v) is 9.65. The number of thiophene rings is 1. The molecule has 140 valence electrons. The molecule has 7 heteroatoms. The topological polar surface area (TPSA) is 67.4 Å². The van der Waals surface area contributed by atoms with Crippen LogP contribution in [0.3, 0.4) is 0 Å². The van der Waals surface area contributed by atoms with E-state index in [1.165, 1.54) is 11.3 Å². The summed E-state index contributed by atoms with van der Waals surface area (Å²) in [7, 11) is 1.63. The van der Waals surface area contributed by atoms with Crippen molar-refractivity contribution >= 4 is 50.5 Å². The van der Waals surface area contributed by atoms with E-state index < -0.39 is 0 Å². The van der Waals surface area contributed by atoms with Crippen LogP contribution < -0.4 is 10.6 Å². The third-order valence-corrected chi connectivity index (χ3v) is 5.63. The number of anilines is 1. The summed E-state index contributed by atoms with van der Waals surface area (Å²) < 4.78 is 5.91. The van der Waals surface area contributed by atoms with E-state index in [9.17, 15) is 9.59 Å². The monoisotopic (exact) mass is 402 g/mol. The molecule has 0 saturated heterocycles. The van der Waals surface area contributed by atoms with Crippen molar-refractivity contribution in [2.24, 2.45) is 0 Å². The van der Waals surface area contributed by atoms with E-state index in [4.69, 9.17) is 16.3 Å². The molecule has 3 rings (SSSR count). The Balaban J connectivity index is 1.64. The Hall–Kier alpha value is -2.41. The van der Waals surface area contributed by atoms with E-state index >= 15 is 0 Å². The number of rotatable bonds is 7. The van der Waals surface area contributed by atoms with Crippen LogP contribution in [-0.2, 0) is 4.74 Å². The minimum absolute atomic E-state index is 0.156. The highest BCUT2D eigenvalue weighted by atomic mass is 35.5. The normalized spacial score (nSPS) is 10.7. The molecular formula is C20H19ClN2O3S. The molecule has 1 aromatic heterocycles. The number of nitrogens with one attached hydrogen (secondary N) is 2. The number of amides is 2. The first-order chi connectivity index (χ1) is 13.1. The number of ether oxygens (including phenoxy) is 1. The molecule has 2 N–H and O–H groups in total. The minimum Gasteiger partial charge on any atom is -0.385 e. The number of carbonyl (C=O) groups excluding carboxylic acids is 2. The Morgan fingerprint density at radius 3 is 2.52 bits per heavy atom. The maximum atomic E-state index is 12.5. The van der Waals surface area contributed by atoms with Gasteiger partial charge in [-0.2, -0.15) is 0 Å². The summed E-state index contributed by atoms with van der Waals surface area (Å²) in [4.78, 5) is 25.1. The maximum Gasteiger partial charge on any atom is 0.267 e. The summed E-state index contributed by atoms with van der Waals surface area (Å²) in [6, 6.07) is 14.4. The van der Waals surface area contributed by atoms with Gasteiger partial charge in [-0.15, -0.1) is 11.3 Å². The molecule has 0 saturated carbocycles. The Kier molecular flexibility index (Phi) is 6.45. The van der Waals surface area contributed by atoms with Crippen molar-refractivity contribution in [1.82, 2.24) is 5.32 Å². The summed E-state index contributed by atoms with van der Waals surface area (Å²) in [6.07, 6.45) is 0.756. The van der Waals surface area contributed by atoms with Gasteiger partial charge in [0.15, 0.2) is 0 Å². The molecule has 0 unspecified atom stereocenters. The minimum atomic E-state index is -0.266. The second-order valence-corrected chi connectivity index (χ2v) is 7.31. The predicted octanol–water partition coefficient (Wildman–Crippen LogP) is 4.57. The van der Waals surface area contributed by atoms with Crippen LogP contribution in [0, 0.1) is 0 Å². The summed E-state index contributed by atoms with van der Waals surface area (Å²) in [6.45, 7) is 1.15. The lowest BCUT2D eigenvalue weighted by Crippen LogP contribution is -2.25. The highest BCUT2D eigenvalue weighted by molar-refractivity contribution is 7.21. The quantitative estimate of drug-likeness (QED) is 0.568. The van der Waals surface area contributed by atoms with Crippen molar-refractivity contribution in [3.05, 3.63) is 64.0 Å². The lowest BCUT2D eigenvalue weighted by atomic mass is 10.2. The third kappa shape index (κ3) is 4.66. The smallest absolute Gasteiger partial charge is 0.267 e. The van der Waals surface area contributed by atoms with Gasteiger partial charge in [0.1, 0.15) is 4.88 Å². The molecule has 1 heterocycles.